The second-order valence-electron chi connectivity index (χ2n) is 8.41. The fourth-order valence-corrected chi connectivity index (χ4v) is 3.98. The van der Waals surface area contributed by atoms with E-state index in [4.69, 9.17) is 40.4 Å². The number of alkyl halides is 3. The molecule has 2 aromatic heterocycles. The predicted octanol–water partition coefficient (Wildman–Crippen LogP) is 3.80. The highest BCUT2D eigenvalue weighted by atomic mass is 35.5. The van der Waals surface area contributed by atoms with Crippen molar-refractivity contribution >= 4 is 52.4 Å². The van der Waals surface area contributed by atoms with Crippen molar-refractivity contribution in [3.8, 4) is 11.4 Å². The van der Waals surface area contributed by atoms with Crippen molar-refractivity contribution < 1.29 is 27.6 Å². The van der Waals surface area contributed by atoms with Crippen molar-refractivity contribution in [2.24, 2.45) is 11.5 Å². The van der Waals surface area contributed by atoms with Gasteiger partial charge in [-0.25, -0.2) is 4.68 Å². The van der Waals surface area contributed by atoms with Gasteiger partial charge in [0, 0.05) is 28.6 Å². The molecule has 0 aliphatic rings. The van der Waals surface area contributed by atoms with Crippen LogP contribution < -0.4 is 22.5 Å². The highest BCUT2D eigenvalue weighted by Gasteiger charge is 2.40. The first-order valence-electron chi connectivity index (χ1n) is 11.1. The van der Waals surface area contributed by atoms with Crippen LogP contribution >= 0.6 is 23.2 Å². The van der Waals surface area contributed by atoms with Crippen molar-refractivity contribution in [3.63, 3.8) is 0 Å². The standard InChI is InChI=1S/C24H22Cl2F3N7O3/c1-10(23(39)34-18(37)8-16(30)14-5-4-13(25)7-15(14)26)12-3-6-17(33-9-12)20-19(22(32)38)21(31)36(35-20)11(2)24(27,28)29/h3-11H,30-31H2,1-2H3,(H2,32,38)(H,34,37,39). The summed E-state index contributed by atoms with van der Waals surface area (Å²) < 4.78 is 40.1. The van der Waals surface area contributed by atoms with Gasteiger partial charge in [-0.2, -0.15) is 18.3 Å². The molecule has 1 aromatic carbocycles. The first-order valence-corrected chi connectivity index (χ1v) is 11.9. The number of carbonyl (C=O) groups is 3. The molecule has 39 heavy (non-hydrogen) atoms. The molecule has 206 valence electrons. The summed E-state index contributed by atoms with van der Waals surface area (Å²) in [5.74, 6) is -4.02. The Hall–Kier alpha value is -4.10. The fourth-order valence-electron chi connectivity index (χ4n) is 3.46. The average Bonchev–Trinajstić information content (AvgIpc) is 3.19. The van der Waals surface area contributed by atoms with Crippen molar-refractivity contribution in [1.82, 2.24) is 20.1 Å². The summed E-state index contributed by atoms with van der Waals surface area (Å²) in [6.45, 7) is 2.32. The molecule has 3 aromatic rings. The zero-order valence-electron chi connectivity index (χ0n) is 20.4. The monoisotopic (exact) mass is 583 g/mol. The van der Waals surface area contributed by atoms with Crippen LogP contribution in [-0.2, 0) is 9.59 Å². The number of imide groups is 1. The maximum atomic E-state index is 13.2. The third-order valence-corrected chi connectivity index (χ3v) is 6.28. The lowest BCUT2D eigenvalue weighted by molar-refractivity contribution is -0.164. The number of aromatic nitrogens is 3. The van der Waals surface area contributed by atoms with Crippen LogP contribution in [0.3, 0.4) is 0 Å². The Kier molecular flexibility index (Phi) is 8.56. The average molecular weight is 584 g/mol. The molecule has 7 N–H and O–H groups in total. The summed E-state index contributed by atoms with van der Waals surface area (Å²) in [5.41, 5.74) is 17.0. The lowest BCUT2D eigenvalue weighted by Crippen LogP contribution is -2.33. The molecule has 2 heterocycles. The molecular weight excluding hydrogens is 562 g/mol. The first-order chi connectivity index (χ1) is 18.1. The number of nitrogens with two attached hydrogens (primary N) is 3. The smallest absolute Gasteiger partial charge is 0.398 e. The van der Waals surface area contributed by atoms with E-state index in [2.05, 4.69) is 15.4 Å². The van der Waals surface area contributed by atoms with Gasteiger partial charge in [0.15, 0.2) is 0 Å². The number of primary amides is 1. The van der Waals surface area contributed by atoms with E-state index in [-0.39, 0.29) is 22.1 Å². The van der Waals surface area contributed by atoms with Gasteiger partial charge in [0.1, 0.15) is 23.1 Å². The van der Waals surface area contributed by atoms with E-state index in [9.17, 15) is 27.6 Å². The van der Waals surface area contributed by atoms with Crippen LogP contribution in [0.1, 0.15) is 47.3 Å². The van der Waals surface area contributed by atoms with Crippen molar-refractivity contribution in [2.45, 2.75) is 32.0 Å². The summed E-state index contributed by atoms with van der Waals surface area (Å²) in [4.78, 5) is 41.0. The molecular formula is C24H22Cl2F3N7O3. The number of pyridine rings is 1. The molecule has 0 aliphatic carbocycles. The van der Waals surface area contributed by atoms with Gasteiger partial charge in [0.05, 0.1) is 16.6 Å². The zero-order chi connectivity index (χ0) is 29.2. The molecule has 15 heteroatoms. The van der Waals surface area contributed by atoms with E-state index in [1.54, 1.807) is 0 Å². The number of amides is 3. The van der Waals surface area contributed by atoms with E-state index in [1.807, 2.05) is 0 Å². The van der Waals surface area contributed by atoms with Gasteiger partial charge in [0.25, 0.3) is 11.8 Å². The highest BCUT2D eigenvalue weighted by molar-refractivity contribution is 6.35. The van der Waals surface area contributed by atoms with E-state index in [0.29, 0.717) is 20.8 Å². The minimum atomic E-state index is -4.69. The number of nitrogens with one attached hydrogen (secondary N) is 1. The third-order valence-electron chi connectivity index (χ3n) is 5.73. The topological polar surface area (TPSA) is 172 Å². The fraction of sp³-hybridized carbons (Fsp3) is 0.208. The Bertz CT molecular complexity index is 1470. The number of hydrogen-bond donors (Lipinski definition) is 4. The second-order valence-corrected chi connectivity index (χ2v) is 9.25. The Morgan fingerprint density at radius 3 is 2.31 bits per heavy atom. The summed E-state index contributed by atoms with van der Waals surface area (Å²) >= 11 is 11.9. The first kappa shape index (κ1) is 29.5. The Morgan fingerprint density at radius 1 is 1.10 bits per heavy atom. The van der Waals surface area contributed by atoms with E-state index >= 15 is 0 Å². The lowest BCUT2D eigenvalue weighted by atomic mass is 10.0. The number of nitrogens with zero attached hydrogens (tertiary/aromatic N) is 3. The van der Waals surface area contributed by atoms with Crippen LogP contribution in [0.4, 0.5) is 19.0 Å². The second kappa shape index (κ2) is 11.3. The van der Waals surface area contributed by atoms with Crippen molar-refractivity contribution in [1.29, 1.82) is 0 Å². The quantitative estimate of drug-likeness (QED) is 0.306. The number of benzene rings is 1. The van der Waals surface area contributed by atoms with Crippen LogP contribution in [-0.4, -0.2) is 38.7 Å². The van der Waals surface area contributed by atoms with Gasteiger partial charge in [-0.3, -0.25) is 24.7 Å². The van der Waals surface area contributed by atoms with Crippen LogP contribution in [0.5, 0.6) is 0 Å². The molecule has 2 unspecified atom stereocenters. The van der Waals surface area contributed by atoms with E-state index in [0.717, 1.165) is 13.0 Å². The van der Waals surface area contributed by atoms with Gasteiger partial charge in [-0.05, 0) is 43.7 Å². The zero-order valence-corrected chi connectivity index (χ0v) is 21.9. The molecule has 0 spiro atoms. The molecule has 0 saturated carbocycles. The lowest BCUT2D eigenvalue weighted by Gasteiger charge is -2.17. The van der Waals surface area contributed by atoms with Gasteiger partial charge in [-0.1, -0.05) is 29.3 Å². The van der Waals surface area contributed by atoms with Crippen LogP contribution in [0.25, 0.3) is 17.1 Å². The molecule has 10 nitrogen and oxygen atoms in total. The SMILES string of the molecule is CC(C(=O)NC(=O)C=C(N)c1ccc(Cl)cc1Cl)c1ccc(-c2nn(C(C)C(F)(F)F)c(N)c2C(N)=O)nc1. The van der Waals surface area contributed by atoms with Gasteiger partial charge in [-0.15, -0.1) is 0 Å². The van der Waals surface area contributed by atoms with Gasteiger partial charge >= 0.3 is 6.18 Å². The Labute approximate surface area is 229 Å². The van der Waals surface area contributed by atoms with Gasteiger partial charge < -0.3 is 17.2 Å². The Morgan fingerprint density at radius 2 is 1.77 bits per heavy atom. The van der Waals surface area contributed by atoms with Gasteiger partial charge in [0.2, 0.25) is 5.91 Å². The summed E-state index contributed by atoms with van der Waals surface area (Å²) in [7, 11) is 0. The van der Waals surface area contributed by atoms with Crippen LogP contribution in [0.2, 0.25) is 10.0 Å². The number of rotatable bonds is 7. The molecule has 0 fully saturated rings. The summed E-state index contributed by atoms with van der Waals surface area (Å²) in [5, 5.41) is 6.61. The third kappa shape index (κ3) is 6.49. The minimum absolute atomic E-state index is 0.00412. The number of nitrogen functional groups attached to an aromatic ring is 1. The van der Waals surface area contributed by atoms with E-state index in [1.165, 1.54) is 43.5 Å². The number of carbonyl (C=O) groups excluding carboxylic acids is 3. The minimum Gasteiger partial charge on any atom is -0.398 e. The number of hydrogen-bond acceptors (Lipinski definition) is 7. The Balaban J connectivity index is 1.80. The summed E-state index contributed by atoms with van der Waals surface area (Å²) in [6.07, 6.45) is -2.45. The maximum Gasteiger partial charge on any atom is 0.410 e. The van der Waals surface area contributed by atoms with Crippen molar-refractivity contribution in [3.05, 3.63) is 69.3 Å². The molecule has 3 amide bonds. The normalized spacial score (nSPS) is 13.6. The van der Waals surface area contributed by atoms with Crippen molar-refractivity contribution in [2.75, 3.05) is 5.73 Å². The highest BCUT2D eigenvalue weighted by Crippen LogP contribution is 2.35. The molecule has 0 aliphatic heterocycles. The number of anilines is 1. The maximum absolute atomic E-state index is 13.2. The predicted molar refractivity (Wildman–Crippen MR) is 139 cm³/mol. The molecule has 0 saturated heterocycles. The molecule has 0 radical (unpaired) electrons. The van der Waals surface area contributed by atoms with E-state index < -0.39 is 47.2 Å². The molecule has 2 atom stereocenters. The summed E-state index contributed by atoms with van der Waals surface area (Å²) in [6, 6.07) is 5.13. The largest absolute Gasteiger partial charge is 0.410 e. The van der Waals surface area contributed by atoms with Crippen LogP contribution in [0, 0.1) is 0 Å². The molecule has 0 bridgehead atoms. The van der Waals surface area contributed by atoms with Crippen LogP contribution in [0.15, 0.2) is 42.6 Å². The molecule has 3 rings (SSSR count). The number of halogens is 5.